The molecule has 2 aliphatic heterocycles. The van der Waals surface area contributed by atoms with E-state index in [2.05, 4.69) is 10.6 Å². The zero-order chi connectivity index (χ0) is 29.8. The van der Waals surface area contributed by atoms with Crippen molar-refractivity contribution in [2.24, 2.45) is 0 Å². The van der Waals surface area contributed by atoms with Crippen molar-refractivity contribution in [3.05, 3.63) is 70.5 Å². The monoisotopic (exact) mass is 604 g/mol. The summed E-state index contributed by atoms with van der Waals surface area (Å²) in [7, 11) is 1.53. The Morgan fingerprint density at radius 1 is 0.953 bits per heavy atom. The zero-order valence-corrected chi connectivity index (χ0v) is 24.0. The first kappa shape index (κ1) is 28.2. The molecule has 0 saturated carbocycles. The van der Waals surface area contributed by atoms with Gasteiger partial charge in [-0.15, -0.1) is 0 Å². The number of hydrogen-bond acceptors (Lipinski definition) is 10. The number of aromatic nitrogens is 2. The SMILES string of the molecule is COc1ccccc1NC(=O)CSc1nc2cc3c(cc2c(=O)n1CCCC(=O)NCc1ccc2c(c1)OCO2)OCO3. The van der Waals surface area contributed by atoms with Gasteiger partial charge in [-0.2, -0.15) is 0 Å². The summed E-state index contributed by atoms with van der Waals surface area (Å²) in [6, 6.07) is 15.9. The molecular weight excluding hydrogens is 576 g/mol. The molecule has 0 saturated heterocycles. The van der Waals surface area contributed by atoms with Crippen molar-refractivity contribution in [3.63, 3.8) is 0 Å². The maximum absolute atomic E-state index is 13.6. The topological polar surface area (TPSA) is 139 Å². The van der Waals surface area contributed by atoms with Crippen LogP contribution in [0.2, 0.25) is 0 Å². The molecule has 0 bridgehead atoms. The number of benzene rings is 3. The van der Waals surface area contributed by atoms with E-state index in [-0.39, 0.29) is 49.7 Å². The molecule has 0 aliphatic carbocycles. The van der Waals surface area contributed by atoms with Gasteiger partial charge in [0.25, 0.3) is 5.56 Å². The summed E-state index contributed by atoms with van der Waals surface area (Å²) in [5.41, 5.74) is 1.56. The largest absolute Gasteiger partial charge is 0.495 e. The third-order valence-electron chi connectivity index (χ3n) is 6.84. The highest BCUT2D eigenvalue weighted by molar-refractivity contribution is 7.99. The van der Waals surface area contributed by atoms with E-state index in [0.29, 0.717) is 63.5 Å². The van der Waals surface area contributed by atoms with E-state index in [1.807, 2.05) is 24.3 Å². The molecule has 3 heterocycles. The first-order chi connectivity index (χ1) is 21.0. The molecule has 2 aliphatic rings. The minimum Gasteiger partial charge on any atom is -0.495 e. The van der Waals surface area contributed by atoms with Gasteiger partial charge in [0.2, 0.25) is 25.4 Å². The Morgan fingerprint density at radius 3 is 2.51 bits per heavy atom. The zero-order valence-electron chi connectivity index (χ0n) is 23.2. The van der Waals surface area contributed by atoms with Crippen LogP contribution in [0.15, 0.2) is 64.5 Å². The van der Waals surface area contributed by atoms with Crippen LogP contribution in [-0.2, 0) is 22.7 Å². The molecule has 0 unspecified atom stereocenters. The van der Waals surface area contributed by atoms with Crippen LogP contribution in [0.1, 0.15) is 18.4 Å². The average Bonchev–Trinajstić information content (AvgIpc) is 3.68. The number of rotatable bonds is 11. The fourth-order valence-electron chi connectivity index (χ4n) is 4.70. The second kappa shape index (κ2) is 12.5. The van der Waals surface area contributed by atoms with Crippen molar-refractivity contribution in [2.45, 2.75) is 31.1 Å². The fraction of sp³-hybridized carbons (Fsp3) is 0.267. The number of ether oxygens (including phenoxy) is 5. The fourth-order valence-corrected chi connectivity index (χ4v) is 5.53. The van der Waals surface area contributed by atoms with Gasteiger partial charge in [0.15, 0.2) is 28.2 Å². The van der Waals surface area contributed by atoms with E-state index >= 15 is 0 Å². The lowest BCUT2D eigenvalue weighted by Crippen LogP contribution is -2.26. The molecule has 13 heteroatoms. The van der Waals surface area contributed by atoms with Crippen molar-refractivity contribution in [1.29, 1.82) is 0 Å². The smallest absolute Gasteiger partial charge is 0.262 e. The van der Waals surface area contributed by atoms with E-state index in [9.17, 15) is 14.4 Å². The van der Waals surface area contributed by atoms with Crippen molar-refractivity contribution < 1.29 is 33.3 Å². The standard InChI is InChI=1S/C30H28N4O8S/c1-38-22-6-3-2-5-20(22)32-28(36)15-43-30-33-21-13-26-25(41-17-42-26)12-19(21)29(37)34(30)10-4-7-27(35)31-14-18-8-9-23-24(11-18)40-16-39-23/h2-3,5-6,8-9,11-13H,4,7,10,14-17H2,1H3,(H,31,35)(H,32,36). The van der Waals surface area contributed by atoms with Crippen molar-refractivity contribution >= 4 is 40.2 Å². The van der Waals surface area contributed by atoms with Gasteiger partial charge in [-0.25, -0.2) is 4.98 Å². The molecule has 0 atom stereocenters. The highest BCUT2D eigenvalue weighted by Crippen LogP contribution is 2.35. The Balaban J connectivity index is 1.14. The Hall–Kier alpha value is -4.91. The van der Waals surface area contributed by atoms with Crippen LogP contribution in [0.4, 0.5) is 5.69 Å². The molecule has 2 amide bonds. The number of methoxy groups -OCH3 is 1. The third kappa shape index (κ3) is 6.31. The number of para-hydroxylation sites is 2. The molecule has 12 nitrogen and oxygen atoms in total. The van der Waals surface area contributed by atoms with Crippen LogP contribution in [0, 0.1) is 0 Å². The van der Waals surface area contributed by atoms with Gasteiger partial charge < -0.3 is 34.3 Å². The van der Waals surface area contributed by atoms with E-state index in [1.54, 1.807) is 30.3 Å². The van der Waals surface area contributed by atoms with E-state index in [0.717, 1.165) is 17.3 Å². The lowest BCUT2D eigenvalue weighted by Gasteiger charge is -2.14. The maximum atomic E-state index is 13.6. The first-order valence-electron chi connectivity index (χ1n) is 13.5. The van der Waals surface area contributed by atoms with E-state index in [1.165, 1.54) is 11.7 Å². The number of hydrogen-bond donors (Lipinski definition) is 2. The molecular formula is C30H28N4O8S. The number of carbonyl (C=O) groups is 2. The van der Waals surface area contributed by atoms with Gasteiger partial charge >= 0.3 is 0 Å². The predicted octanol–water partition coefficient (Wildman–Crippen LogP) is 3.69. The molecule has 222 valence electrons. The number of thioether (sulfide) groups is 1. The molecule has 0 fully saturated rings. The highest BCUT2D eigenvalue weighted by atomic mass is 32.2. The molecule has 43 heavy (non-hydrogen) atoms. The molecule has 0 radical (unpaired) electrons. The van der Waals surface area contributed by atoms with Gasteiger partial charge in [-0.1, -0.05) is 30.0 Å². The molecule has 0 spiro atoms. The lowest BCUT2D eigenvalue weighted by molar-refractivity contribution is -0.121. The van der Waals surface area contributed by atoms with Gasteiger partial charge in [0, 0.05) is 25.6 Å². The Morgan fingerprint density at radius 2 is 1.70 bits per heavy atom. The van der Waals surface area contributed by atoms with Crippen LogP contribution in [-0.4, -0.2) is 47.8 Å². The number of amides is 2. The minimum absolute atomic E-state index is 0.00341. The van der Waals surface area contributed by atoms with Crippen LogP contribution >= 0.6 is 11.8 Å². The van der Waals surface area contributed by atoms with Crippen molar-refractivity contribution in [2.75, 3.05) is 31.8 Å². The number of carbonyl (C=O) groups excluding carboxylic acids is 2. The van der Waals surface area contributed by atoms with E-state index in [4.69, 9.17) is 28.7 Å². The first-order valence-corrected chi connectivity index (χ1v) is 14.5. The summed E-state index contributed by atoms with van der Waals surface area (Å²) in [6.07, 6.45) is 0.570. The van der Waals surface area contributed by atoms with Crippen molar-refractivity contribution in [1.82, 2.24) is 14.9 Å². The Bertz CT molecular complexity index is 1760. The molecule has 6 rings (SSSR count). The van der Waals surface area contributed by atoms with Gasteiger partial charge in [-0.05, 0) is 42.3 Å². The van der Waals surface area contributed by atoms with Gasteiger partial charge in [-0.3, -0.25) is 19.0 Å². The summed E-state index contributed by atoms with van der Waals surface area (Å²) in [5.74, 6) is 2.39. The van der Waals surface area contributed by atoms with Crippen LogP contribution < -0.4 is 39.9 Å². The van der Waals surface area contributed by atoms with E-state index < -0.39 is 0 Å². The molecule has 3 aromatic carbocycles. The maximum Gasteiger partial charge on any atom is 0.262 e. The van der Waals surface area contributed by atoms with Gasteiger partial charge in [0.05, 0.1) is 29.5 Å². The number of nitrogens with zero attached hydrogens (tertiary/aromatic N) is 2. The second-order valence-electron chi connectivity index (χ2n) is 9.68. The number of anilines is 1. The lowest BCUT2D eigenvalue weighted by atomic mass is 10.2. The Labute approximate surface area is 250 Å². The molecule has 2 N–H and O–H groups in total. The van der Waals surface area contributed by atoms with Crippen LogP contribution in [0.3, 0.4) is 0 Å². The second-order valence-corrected chi connectivity index (χ2v) is 10.6. The molecule has 4 aromatic rings. The molecule has 1 aromatic heterocycles. The summed E-state index contributed by atoms with van der Waals surface area (Å²) < 4.78 is 28.4. The van der Waals surface area contributed by atoms with Crippen molar-refractivity contribution in [3.8, 4) is 28.7 Å². The average molecular weight is 605 g/mol. The Kier molecular flexibility index (Phi) is 8.22. The van der Waals surface area contributed by atoms with Gasteiger partial charge in [0.1, 0.15) is 5.75 Å². The minimum atomic E-state index is -0.295. The third-order valence-corrected chi connectivity index (χ3v) is 7.82. The summed E-state index contributed by atoms with van der Waals surface area (Å²) in [5, 5.41) is 6.45. The summed E-state index contributed by atoms with van der Waals surface area (Å²) in [4.78, 5) is 43.8. The van der Waals surface area contributed by atoms with Crippen LogP contribution in [0.5, 0.6) is 28.7 Å². The number of fused-ring (bicyclic) bond motifs is 3. The summed E-state index contributed by atoms with van der Waals surface area (Å²) >= 11 is 1.13. The highest BCUT2D eigenvalue weighted by Gasteiger charge is 2.20. The van der Waals surface area contributed by atoms with Crippen LogP contribution in [0.25, 0.3) is 10.9 Å². The normalized spacial score (nSPS) is 12.8. The summed E-state index contributed by atoms with van der Waals surface area (Å²) in [6.45, 7) is 0.808. The quantitative estimate of drug-likeness (QED) is 0.193. The number of nitrogens with one attached hydrogen (secondary N) is 2. The predicted molar refractivity (Wildman–Crippen MR) is 158 cm³/mol.